The van der Waals surface area contributed by atoms with Crippen molar-refractivity contribution < 1.29 is 14.9 Å². The fraction of sp³-hybridized carbons (Fsp3) is 0.429. The van der Waals surface area contributed by atoms with Crippen LogP contribution >= 0.6 is 0 Å². The monoisotopic (exact) mass is 142 g/mol. The largest absolute Gasteiger partial charge is 0.506 e. The van der Waals surface area contributed by atoms with Crippen LogP contribution in [0.5, 0.6) is 0 Å². The van der Waals surface area contributed by atoms with Gasteiger partial charge in [0.15, 0.2) is 5.76 Å². The molecule has 0 spiro atoms. The molecular formula is C7H10O3. The van der Waals surface area contributed by atoms with Crippen LogP contribution in [0.1, 0.15) is 13.3 Å². The Kier molecular flexibility index (Phi) is 1.97. The van der Waals surface area contributed by atoms with Gasteiger partial charge in [-0.05, 0) is 6.08 Å². The van der Waals surface area contributed by atoms with Crippen molar-refractivity contribution in [3.63, 3.8) is 0 Å². The van der Waals surface area contributed by atoms with Gasteiger partial charge >= 0.3 is 0 Å². The second kappa shape index (κ2) is 2.75. The number of hydrogen-bond acceptors (Lipinski definition) is 3. The summed E-state index contributed by atoms with van der Waals surface area (Å²) in [5, 5.41) is 18.1. The highest BCUT2D eigenvalue weighted by Gasteiger charge is 2.15. The van der Waals surface area contributed by atoms with Gasteiger partial charge in [-0.15, -0.1) is 0 Å². The zero-order valence-electron chi connectivity index (χ0n) is 5.74. The molecule has 0 saturated carbocycles. The van der Waals surface area contributed by atoms with Crippen molar-refractivity contribution in [1.82, 2.24) is 0 Å². The Hall–Kier alpha value is -0.960. The van der Waals surface area contributed by atoms with Crippen LogP contribution in [0.15, 0.2) is 23.9 Å². The van der Waals surface area contributed by atoms with Gasteiger partial charge in [-0.25, -0.2) is 0 Å². The van der Waals surface area contributed by atoms with Gasteiger partial charge in [0.05, 0.1) is 6.26 Å². The summed E-state index contributed by atoms with van der Waals surface area (Å²) in [6.45, 7) is 1.84. The van der Waals surface area contributed by atoms with Gasteiger partial charge in [0.1, 0.15) is 11.9 Å². The normalized spacial score (nSPS) is 24.8. The van der Waals surface area contributed by atoms with Crippen LogP contribution in [0.3, 0.4) is 0 Å². The number of hydrogen-bond donors (Lipinski definition) is 2. The lowest BCUT2D eigenvalue weighted by atomic mass is 10.2. The zero-order chi connectivity index (χ0) is 7.56. The summed E-state index contributed by atoms with van der Waals surface area (Å²) in [4.78, 5) is 0. The molecule has 0 fully saturated rings. The third kappa shape index (κ3) is 1.14. The predicted molar refractivity (Wildman–Crippen MR) is 36.2 cm³/mol. The number of allylic oxidation sites excluding steroid dienone is 1. The van der Waals surface area contributed by atoms with Gasteiger partial charge in [0.2, 0.25) is 0 Å². The van der Waals surface area contributed by atoms with Crippen LogP contribution in [-0.2, 0) is 4.74 Å². The summed E-state index contributed by atoms with van der Waals surface area (Å²) >= 11 is 0. The van der Waals surface area contributed by atoms with E-state index >= 15 is 0 Å². The molecule has 0 aliphatic carbocycles. The molecule has 1 atom stereocenters. The van der Waals surface area contributed by atoms with Crippen LogP contribution in [0.25, 0.3) is 0 Å². The van der Waals surface area contributed by atoms with Crippen molar-refractivity contribution in [2.75, 3.05) is 0 Å². The van der Waals surface area contributed by atoms with Gasteiger partial charge in [-0.2, -0.15) is 0 Å². The van der Waals surface area contributed by atoms with Gasteiger partial charge < -0.3 is 14.9 Å². The van der Waals surface area contributed by atoms with Crippen molar-refractivity contribution in [2.24, 2.45) is 0 Å². The van der Waals surface area contributed by atoms with Crippen molar-refractivity contribution in [3.8, 4) is 0 Å². The first kappa shape index (κ1) is 7.15. The van der Waals surface area contributed by atoms with Crippen LogP contribution in [0.4, 0.5) is 0 Å². The number of ether oxygens (including phenoxy) is 1. The molecule has 0 aromatic rings. The van der Waals surface area contributed by atoms with E-state index < -0.39 is 6.10 Å². The average Bonchev–Trinajstić information content (AvgIpc) is 1.95. The average molecular weight is 142 g/mol. The summed E-state index contributed by atoms with van der Waals surface area (Å²) in [6.07, 6.45) is 2.47. The summed E-state index contributed by atoms with van der Waals surface area (Å²) in [6, 6.07) is 0. The highest BCUT2D eigenvalue weighted by Crippen LogP contribution is 2.17. The minimum absolute atomic E-state index is 0.0787. The SMILES string of the molecule is CCC1=C(O)C(O)C=CO1. The Morgan fingerprint density at radius 1 is 1.70 bits per heavy atom. The topological polar surface area (TPSA) is 49.7 Å². The van der Waals surface area contributed by atoms with Gasteiger partial charge in [0, 0.05) is 6.42 Å². The van der Waals surface area contributed by atoms with E-state index in [9.17, 15) is 0 Å². The third-order valence-corrected chi connectivity index (χ3v) is 1.36. The molecule has 1 aliphatic heterocycles. The van der Waals surface area contributed by atoms with Crippen molar-refractivity contribution in [2.45, 2.75) is 19.4 Å². The maximum Gasteiger partial charge on any atom is 0.163 e. The van der Waals surface area contributed by atoms with E-state index in [4.69, 9.17) is 14.9 Å². The molecule has 1 aliphatic rings. The molecule has 0 radical (unpaired) electrons. The zero-order valence-corrected chi connectivity index (χ0v) is 5.74. The van der Waals surface area contributed by atoms with E-state index in [0.29, 0.717) is 12.2 Å². The number of aliphatic hydroxyl groups excluding tert-OH is 2. The first-order valence-corrected chi connectivity index (χ1v) is 3.19. The molecule has 56 valence electrons. The quantitative estimate of drug-likeness (QED) is 0.575. The maximum absolute atomic E-state index is 9.09. The second-order valence-electron chi connectivity index (χ2n) is 2.05. The van der Waals surface area contributed by atoms with E-state index in [-0.39, 0.29) is 5.76 Å². The molecule has 2 N–H and O–H groups in total. The Bertz CT molecular complexity index is 181. The molecular weight excluding hydrogens is 132 g/mol. The summed E-state index contributed by atoms with van der Waals surface area (Å²) in [7, 11) is 0. The van der Waals surface area contributed by atoms with Gasteiger partial charge in [0.25, 0.3) is 0 Å². The molecule has 0 aromatic heterocycles. The molecule has 10 heavy (non-hydrogen) atoms. The first-order chi connectivity index (χ1) is 4.75. The van der Waals surface area contributed by atoms with E-state index in [1.807, 2.05) is 6.92 Å². The molecule has 1 heterocycles. The lowest BCUT2D eigenvalue weighted by Crippen LogP contribution is -2.13. The maximum atomic E-state index is 9.09. The van der Waals surface area contributed by atoms with Crippen LogP contribution < -0.4 is 0 Å². The Morgan fingerprint density at radius 2 is 2.40 bits per heavy atom. The Morgan fingerprint density at radius 3 is 2.90 bits per heavy atom. The molecule has 1 unspecified atom stereocenters. The van der Waals surface area contributed by atoms with Crippen LogP contribution in [0, 0.1) is 0 Å². The first-order valence-electron chi connectivity index (χ1n) is 3.19. The molecule has 0 saturated heterocycles. The summed E-state index contributed by atoms with van der Waals surface area (Å²) in [5.41, 5.74) is 0. The number of aliphatic hydroxyl groups is 2. The van der Waals surface area contributed by atoms with E-state index in [2.05, 4.69) is 0 Å². The predicted octanol–water partition coefficient (Wildman–Crippen LogP) is 1.07. The van der Waals surface area contributed by atoms with Crippen LogP contribution in [0.2, 0.25) is 0 Å². The Labute approximate surface area is 59.2 Å². The summed E-state index contributed by atoms with van der Waals surface area (Å²) in [5.74, 6) is 0.361. The van der Waals surface area contributed by atoms with Crippen molar-refractivity contribution in [1.29, 1.82) is 0 Å². The minimum atomic E-state index is -0.885. The minimum Gasteiger partial charge on any atom is -0.506 e. The van der Waals surface area contributed by atoms with Crippen LogP contribution in [-0.4, -0.2) is 16.3 Å². The highest BCUT2D eigenvalue weighted by molar-refractivity contribution is 5.15. The molecule has 3 heteroatoms. The molecule has 0 bridgehead atoms. The van der Waals surface area contributed by atoms with Crippen molar-refractivity contribution in [3.05, 3.63) is 23.9 Å². The fourth-order valence-electron chi connectivity index (χ4n) is 0.777. The lowest BCUT2D eigenvalue weighted by molar-refractivity contribution is 0.152. The highest BCUT2D eigenvalue weighted by atomic mass is 16.5. The molecule has 0 aromatic carbocycles. The Balaban J connectivity index is 2.77. The van der Waals surface area contributed by atoms with Gasteiger partial charge in [-0.1, -0.05) is 6.92 Å². The van der Waals surface area contributed by atoms with Gasteiger partial charge in [-0.3, -0.25) is 0 Å². The smallest absolute Gasteiger partial charge is 0.163 e. The number of rotatable bonds is 1. The summed E-state index contributed by atoms with van der Waals surface area (Å²) < 4.78 is 4.90. The lowest BCUT2D eigenvalue weighted by Gasteiger charge is -2.14. The third-order valence-electron chi connectivity index (χ3n) is 1.36. The molecule has 3 nitrogen and oxygen atoms in total. The standard InChI is InChI=1S/C7H10O3/c1-2-6-7(9)5(8)3-4-10-6/h3-5,8-9H,2H2,1H3. The van der Waals surface area contributed by atoms with E-state index in [0.717, 1.165) is 0 Å². The molecule has 0 amide bonds. The fourth-order valence-corrected chi connectivity index (χ4v) is 0.777. The van der Waals surface area contributed by atoms with Crippen molar-refractivity contribution >= 4 is 0 Å². The molecule has 1 rings (SSSR count). The second-order valence-corrected chi connectivity index (χ2v) is 2.05. The van der Waals surface area contributed by atoms with E-state index in [1.54, 1.807) is 0 Å². The van der Waals surface area contributed by atoms with E-state index in [1.165, 1.54) is 12.3 Å².